The maximum absolute atomic E-state index is 13.9. The fourth-order valence-electron chi connectivity index (χ4n) is 2.95. The summed E-state index contributed by atoms with van der Waals surface area (Å²) in [6.07, 6.45) is 1.71. The van der Waals surface area contributed by atoms with Gasteiger partial charge in [0.2, 0.25) is 5.96 Å². The van der Waals surface area contributed by atoms with Gasteiger partial charge in [0.1, 0.15) is 5.82 Å². The van der Waals surface area contributed by atoms with Crippen molar-refractivity contribution in [3.05, 3.63) is 81.5 Å². The number of fused-ring (bicyclic) bond motifs is 1. The molecule has 0 radical (unpaired) electrons. The fourth-order valence-corrected chi connectivity index (χ4v) is 3.87. The zero-order valence-corrected chi connectivity index (χ0v) is 16.4. The van der Waals surface area contributed by atoms with Crippen molar-refractivity contribution in [2.24, 2.45) is 11.4 Å². The van der Waals surface area contributed by atoms with Crippen molar-refractivity contribution in [2.45, 2.75) is 11.4 Å². The molecule has 2 aromatic carbocycles. The molecule has 0 fully saturated rings. The zero-order valence-electron chi connectivity index (χ0n) is 14.9. The number of benzene rings is 2. The molecular weight excluding hydrogens is 399 g/mol. The standard InChI is InChI=1S/C20H16ClFN4OS/c1-26-10-4-5-12(19(26)27)11-23-20-24-18-14(7-3-9-16(18)28-25-20)13-6-2-8-15(22)17(13)21/h2-10H,11H2,1H3,(H2,23,24,25). The van der Waals surface area contributed by atoms with Gasteiger partial charge in [-0.05, 0) is 18.2 Å². The molecule has 2 N–H and O–H groups in total. The number of aryl methyl sites for hydroxylation is 1. The number of hydrogen-bond donors (Lipinski definition) is 2. The molecular formula is C20H16ClFN4OS. The van der Waals surface area contributed by atoms with Crippen LogP contribution in [0.3, 0.4) is 0 Å². The van der Waals surface area contributed by atoms with Crippen LogP contribution in [-0.4, -0.2) is 10.5 Å². The number of aromatic nitrogens is 1. The molecule has 3 aromatic rings. The molecule has 28 heavy (non-hydrogen) atoms. The van der Waals surface area contributed by atoms with Gasteiger partial charge in [0.05, 0.1) is 15.6 Å². The number of para-hydroxylation sites is 1. The first-order valence-corrected chi connectivity index (χ1v) is 9.67. The van der Waals surface area contributed by atoms with Gasteiger partial charge in [-0.15, -0.1) is 0 Å². The summed E-state index contributed by atoms with van der Waals surface area (Å²) in [5.41, 5.74) is 2.74. The predicted octanol–water partition coefficient (Wildman–Crippen LogP) is 4.42. The third-order valence-corrected chi connectivity index (χ3v) is 5.59. The Hall–Kier alpha value is -2.77. The topological polar surface area (TPSA) is 58.4 Å². The van der Waals surface area contributed by atoms with Crippen molar-refractivity contribution in [1.82, 2.24) is 9.88 Å². The normalized spacial score (nSPS) is 12.8. The third-order valence-electron chi connectivity index (χ3n) is 4.40. The van der Waals surface area contributed by atoms with Crippen molar-refractivity contribution in [2.75, 3.05) is 5.32 Å². The van der Waals surface area contributed by atoms with Crippen LogP contribution in [0.15, 0.2) is 68.8 Å². The second-order valence-electron chi connectivity index (χ2n) is 6.24. The zero-order chi connectivity index (χ0) is 19.7. The molecule has 0 aliphatic carbocycles. The van der Waals surface area contributed by atoms with Gasteiger partial charge in [-0.25, -0.2) is 4.39 Å². The summed E-state index contributed by atoms with van der Waals surface area (Å²) < 4.78 is 19.9. The molecule has 1 aliphatic rings. The average molecular weight is 415 g/mol. The van der Waals surface area contributed by atoms with E-state index in [0.29, 0.717) is 23.6 Å². The Morgan fingerprint density at radius 3 is 2.82 bits per heavy atom. The highest BCUT2D eigenvalue weighted by Crippen LogP contribution is 2.41. The van der Waals surface area contributed by atoms with E-state index in [1.165, 1.54) is 22.6 Å². The number of rotatable bonds is 3. The van der Waals surface area contributed by atoms with Gasteiger partial charge in [0, 0.05) is 48.4 Å². The van der Waals surface area contributed by atoms with E-state index >= 15 is 0 Å². The van der Waals surface area contributed by atoms with E-state index in [2.05, 4.69) is 15.0 Å². The maximum atomic E-state index is 13.9. The van der Waals surface area contributed by atoms with Gasteiger partial charge >= 0.3 is 0 Å². The summed E-state index contributed by atoms with van der Waals surface area (Å²) in [6, 6.07) is 14.0. The van der Waals surface area contributed by atoms with E-state index in [9.17, 15) is 9.18 Å². The van der Waals surface area contributed by atoms with Crippen LogP contribution >= 0.6 is 23.5 Å². The molecule has 5 nitrogen and oxygen atoms in total. The Morgan fingerprint density at radius 2 is 1.96 bits per heavy atom. The monoisotopic (exact) mass is 414 g/mol. The molecule has 142 valence electrons. The van der Waals surface area contributed by atoms with Crippen molar-refractivity contribution >= 4 is 35.2 Å². The summed E-state index contributed by atoms with van der Waals surface area (Å²) in [5.74, 6) is 0.0514. The van der Waals surface area contributed by atoms with Gasteiger partial charge in [-0.2, -0.15) is 4.40 Å². The first-order chi connectivity index (χ1) is 13.5. The van der Waals surface area contributed by atoms with Crippen molar-refractivity contribution in [3.63, 3.8) is 0 Å². The third kappa shape index (κ3) is 3.50. The molecule has 0 atom stereocenters. The Labute approximate surface area is 170 Å². The number of halogens is 2. The van der Waals surface area contributed by atoms with Crippen LogP contribution in [0.25, 0.3) is 11.1 Å². The van der Waals surface area contributed by atoms with Crippen LogP contribution in [0.5, 0.6) is 0 Å². The molecule has 2 heterocycles. The summed E-state index contributed by atoms with van der Waals surface area (Å²) in [7, 11) is 1.71. The SMILES string of the molecule is Cn1cccc(CNC2=NSc3cccc(-c4cccc(F)c4Cl)c3N2)c1=O. The van der Waals surface area contributed by atoms with E-state index in [-0.39, 0.29) is 10.6 Å². The Bertz CT molecular complexity index is 1150. The number of pyridine rings is 1. The van der Waals surface area contributed by atoms with Crippen LogP contribution < -0.4 is 16.2 Å². The van der Waals surface area contributed by atoms with Crippen molar-refractivity contribution in [3.8, 4) is 11.1 Å². The molecule has 0 saturated carbocycles. The quantitative estimate of drug-likeness (QED) is 0.623. The van der Waals surface area contributed by atoms with Crippen LogP contribution in [-0.2, 0) is 13.6 Å². The van der Waals surface area contributed by atoms with Gasteiger partial charge in [0.15, 0.2) is 0 Å². The Kier molecular flexibility index (Phi) is 5.11. The number of anilines is 1. The second kappa shape index (κ2) is 7.69. The number of guanidine groups is 1. The first-order valence-electron chi connectivity index (χ1n) is 8.52. The van der Waals surface area contributed by atoms with Crippen LogP contribution in [0.2, 0.25) is 5.02 Å². The van der Waals surface area contributed by atoms with Gasteiger partial charge in [0.25, 0.3) is 5.56 Å². The molecule has 0 amide bonds. The molecule has 4 rings (SSSR count). The first kappa shape index (κ1) is 18.6. The van der Waals surface area contributed by atoms with Crippen LogP contribution in [0.1, 0.15) is 5.56 Å². The summed E-state index contributed by atoms with van der Waals surface area (Å²) in [6.45, 7) is 0.331. The highest BCUT2D eigenvalue weighted by Gasteiger charge is 2.19. The maximum Gasteiger partial charge on any atom is 0.255 e. The Morgan fingerprint density at radius 1 is 1.18 bits per heavy atom. The van der Waals surface area contributed by atoms with E-state index in [1.807, 2.05) is 24.3 Å². The van der Waals surface area contributed by atoms with E-state index in [1.54, 1.807) is 31.4 Å². The minimum Gasteiger partial charge on any atom is -0.351 e. The van der Waals surface area contributed by atoms with Crippen molar-refractivity contribution in [1.29, 1.82) is 0 Å². The summed E-state index contributed by atoms with van der Waals surface area (Å²) >= 11 is 7.49. The lowest BCUT2D eigenvalue weighted by atomic mass is 10.0. The minimum absolute atomic E-state index is 0.0632. The van der Waals surface area contributed by atoms with Crippen LogP contribution in [0.4, 0.5) is 10.1 Å². The van der Waals surface area contributed by atoms with Gasteiger partial charge in [-0.1, -0.05) is 41.9 Å². The fraction of sp³-hybridized carbons (Fsp3) is 0.100. The summed E-state index contributed by atoms with van der Waals surface area (Å²) in [4.78, 5) is 13.1. The minimum atomic E-state index is -0.466. The largest absolute Gasteiger partial charge is 0.351 e. The van der Waals surface area contributed by atoms with E-state index in [4.69, 9.17) is 11.6 Å². The molecule has 0 unspecified atom stereocenters. The van der Waals surface area contributed by atoms with Crippen LogP contribution in [0, 0.1) is 5.82 Å². The highest BCUT2D eigenvalue weighted by molar-refractivity contribution is 7.98. The molecule has 1 aliphatic heterocycles. The highest BCUT2D eigenvalue weighted by atomic mass is 35.5. The summed E-state index contributed by atoms with van der Waals surface area (Å²) in [5, 5.41) is 6.47. The molecule has 0 saturated heterocycles. The average Bonchev–Trinajstić information content (AvgIpc) is 2.71. The second-order valence-corrected chi connectivity index (χ2v) is 7.42. The van der Waals surface area contributed by atoms with Crippen molar-refractivity contribution < 1.29 is 4.39 Å². The lowest BCUT2D eigenvalue weighted by Crippen LogP contribution is -2.34. The molecule has 1 aromatic heterocycles. The smallest absolute Gasteiger partial charge is 0.255 e. The number of nitrogens with one attached hydrogen (secondary N) is 2. The Balaban J connectivity index is 1.61. The van der Waals surface area contributed by atoms with E-state index < -0.39 is 5.82 Å². The number of hydrogen-bond acceptors (Lipinski definition) is 5. The van der Waals surface area contributed by atoms with Gasteiger partial charge < -0.3 is 15.2 Å². The number of nitrogens with zero attached hydrogens (tertiary/aromatic N) is 2. The molecule has 0 bridgehead atoms. The molecule has 0 spiro atoms. The van der Waals surface area contributed by atoms with Gasteiger partial charge in [-0.3, -0.25) is 4.79 Å². The lowest BCUT2D eigenvalue weighted by molar-refractivity contribution is 0.629. The lowest BCUT2D eigenvalue weighted by Gasteiger charge is -2.22. The predicted molar refractivity (Wildman–Crippen MR) is 112 cm³/mol. The molecule has 8 heteroatoms. The van der Waals surface area contributed by atoms with E-state index in [0.717, 1.165) is 16.1 Å².